The smallest absolute Gasteiger partial charge is 0.272 e. The molecule has 0 unspecified atom stereocenters. The quantitative estimate of drug-likeness (QED) is 0.847. The number of aromatic nitrogens is 1. The van der Waals surface area contributed by atoms with Crippen LogP contribution in [0.5, 0.6) is 5.75 Å². The van der Waals surface area contributed by atoms with Gasteiger partial charge in [-0.3, -0.25) is 4.79 Å². The molecule has 0 aliphatic heterocycles. The third kappa shape index (κ3) is 4.05. The minimum atomic E-state index is -0.0763. The first kappa shape index (κ1) is 15.0. The Balaban J connectivity index is 2.03. The van der Waals surface area contributed by atoms with Crippen molar-refractivity contribution in [3.63, 3.8) is 0 Å². The molecular weight excluding hydrogens is 264 g/mol. The fraction of sp³-hybridized carbons (Fsp3) is 0.294. The molecule has 1 heterocycles. The van der Waals surface area contributed by atoms with E-state index in [4.69, 9.17) is 4.74 Å². The maximum Gasteiger partial charge on any atom is 0.272 e. The Kier molecular flexibility index (Phi) is 4.93. The Morgan fingerprint density at radius 1 is 1.19 bits per heavy atom. The van der Waals surface area contributed by atoms with E-state index in [0.717, 1.165) is 17.0 Å². The van der Waals surface area contributed by atoms with Crippen LogP contribution in [0.4, 0.5) is 0 Å². The van der Waals surface area contributed by atoms with E-state index in [1.807, 2.05) is 50.2 Å². The highest BCUT2D eigenvalue weighted by Gasteiger charge is 2.13. The van der Waals surface area contributed by atoms with Crippen molar-refractivity contribution < 1.29 is 9.53 Å². The van der Waals surface area contributed by atoms with Crippen LogP contribution in [0.2, 0.25) is 0 Å². The van der Waals surface area contributed by atoms with Crippen LogP contribution in [0.3, 0.4) is 0 Å². The number of aryl methyl sites for hydroxylation is 1. The Morgan fingerprint density at radius 2 is 1.90 bits per heavy atom. The summed E-state index contributed by atoms with van der Waals surface area (Å²) in [5, 5.41) is 0. The van der Waals surface area contributed by atoms with Crippen LogP contribution in [-0.4, -0.2) is 29.4 Å². The predicted octanol–water partition coefficient (Wildman–Crippen LogP) is 3.06. The molecular formula is C17H20N2O2. The summed E-state index contributed by atoms with van der Waals surface area (Å²) in [5.74, 6) is 0.767. The van der Waals surface area contributed by atoms with Crippen molar-refractivity contribution in [1.82, 2.24) is 9.88 Å². The third-order valence-corrected chi connectivity index (χ3v) is 3.11. The lowest BCUT2D eigenvalue weighted by atomic mass is 10.2. The summed E-state index contributed by atoms with van der Waals surface area (Å²) < 4.78 is 5.41. The average molecular weight is 284 g/mol. The summed E-state index contributed by atoms with van der Waals surface area (Å²) in [6.45, 7) is 5.02. The number of nitrogens with zero attached hydrogens (tertiary/aromatic N) is 2. The van der Waals surface area contributed by atoms with Crippen LogP contribution in [0, 0.1) is 6.92 Å². The zero-order valence-electron chi connectivity index (χ0n) is 12.7. The predicted molar refractivity (Wildman–Crippen MR) is 82.4 cm³/mol. The van der Waals surface area contributed by atoms with E-state index >= 15 is 0 Å². The van der Waals surface area contributed by atoms with Gasteiger partial charge in [-0.25, -0.2) is 4.98 Å². The van der Waals surface area contributed by atoms with Crippen molar-refractivity contribution in [2.24, 2.45) is 0 Å². The summed E-state index contributed by atoms with van der Waals surface area (Å²) in [6, 6.07) is 13.2. The SMILES string of the molecule is CCOc1ccc(CN(C)C(=O)c2cccc(C)n2)cc1. The molecule has 1 aromatic carbocycles. The summed E-state index contributed by atoms with van der Waals surface area (Å²) in [5.41, 5.74) is 2.38. The van der Waals surface area contributed by atoms with Gasteiger partial charge in [0.25, 0.3) is 5.91 Å². The number of ether oxygens (including phenoxy) is 1. The number of rotatable bonds is 5. The van der Waals surface area contributed by atoms with Gasteiger partial charge < -0.3 is 9.64 Å². The van der Waals surface area contributed by atoms with E-state index in [0.29, 0.717) is 18.8 Å². The second-order valence-corrected chi connectivity index (χ2v) is 4.90. The average Bonchev–Trinajstić information content (AvgIpc) is 2.48. The highest BCUT2D eigenvalue weighted by Crippen LogP contribution is 2.14. The summed E-state index contributed by atoms with van der Waals surface area (Å²) in [4.78, 5) is 18.2. The highest BCUT2D eigenvalue weighted by molar-refractivity contribution is 5.92. The third-order valence-electron chi connectivity index (χ3n) is 3.11. The zero-order valence-corrected chi connectivity index (χ0v) is 12.7. The van der Waals surface area contributed by atoms with Gasteiger partial charge in [0, 0.05) is 19.3 Å². The number of carbonyl (C=O) groups excluding carboxylic acids is 1. The zero-order chi connectivity index (χ0) is 15.2. The normalized spacial score (nSPS) is 10.2. The molecule has 21 heavy (non-hydrogen) atoms. The maximum absolute atomic E-state index is 12.3. The molecule has 4 nitrogen and oxygen atoms in total. The van der Waals surface area contributed by atoms with Gasteiger partial charge in [-0.2, -0.15) is 0 Å². The molecule has 1 amide bonds. The van der Waals surface area contributed by atoms with Crippen molar-refractivity contribution in [3.8, 4) is 5.75 Å². The molecule has 2 aromatic rings. The van der Waals surface area contributed by atoms with Crippen LogP contribution in [0.25, 0.3) is 0 Å². The molecule has 0 aliphatic rings. The largest absolute Gasteiger partial charge is 0.494 e. The number of benzene rings is 1. The fourth-order valence-corrected chi connectivity index (χ4v) is 2.06. The minimum absolute atomic E-state index is 0.0763. The molecule has 0 saturated heterocycles. The lowest BCUT2D eigenvalue weighted by Crippen LogP contribution is -2.27. The van der Waals surface area contributed by atoms with E-state index < -0.39 is 0 Å². The van der Waals surface area contributed by atoms with Crippen LogP contribution in [0.1, 0.15) is 28.7 Å². The molecule has 0 fully saturated rings. The molecule has 0 bridgehead atoms. The summed E-state index contributed by atoms with van der Waals surface area (Å²) in [7, 11) is 1.78. The molecule has 0 aliphatic carbocycles. The van der Waals surface area contributed by atoms with Crippen molar-refractivity contribution in [3.05, 3.63) is 59.4 Å². The van der Waals surface area contributed by atoms with Gasteiger partial charge in [-0.15, -0.1) is 0 Å². The van der Waals surface area contributed by atoms with E-state index in [2.05, 4.69) is 4.98 Å². The minimum Gasteiger partial charge on any atom is -0.494 e. The van der Waals surface area contributed by atoms with Gasteiger partial charge in [0.1, 0.15) is 11.4 Å². The highest BCUT2D eigenvalue weighted by atomic mass is 16.5. The molecule has 0 radical (unpaired) electrons. The lowest BCUT2D eigenvalue weighted by molar-refractivity contribution is 0.0779. The summed E-state index contributed by atoms with van der Waals surface area (Å²) >= 11 is 0. The number of pyridine rings is 1. The van der Waals surface area contributed by atoms with E-state index in [1.165, 1.54) is 0 Å². The Morgan fingerprint density at radius 3 is 2.52 bits per heavy atom. The molecule has 1 aromatic heterocycles. The fourth-order valence-electron chi connectivity index (χ4n) is 2.06. The van der Waals surface area contributed by atoms with Gasteiger partial charge in [0.15, 0.2) is 0 Å². The number of amides is 1. The van der Waals surface area contributed by atoms with Crippen LogP contribution >= 0.6 is 0 Å². The first-order chi connectivity index (χ1) is 10.1. The van der Waals surface area contributed by atoms with Crippen molar-refractivity contribution >= 4 is 5.91 Å². The number of hydrogen-bond donors (Lipinski definition) is 0. The molecule has 0 saturated carbocycles. The second-order valence-electron chi connectivity index (χ2n) is 4.90. The van der Waals surface area contributed by atoms with Crippen LogP contribution in [-0.2, 0) is 6.54 Å². The molecule has 4 heteroatoms. The lowest BCUT2D eigenvalue weighted by Gasteiger charge is -2.17. The molecule has 2 rings (SSSR count). The second kappa shape index (κ2) is 6.88. The Hall–Kier alpha value is -2.36. The molecule has 0 atom stereocenters. The first-order valence-corrected chi connectivity index (χ1v) is 7.01. The standard InChI is InChI=1S/C17H20N2O2/c1-4-21-15-10-8-14(9-11-15)12-19(3)17(20)16-7-5-6-13(2)18-16/h5-11H,4,12H2,1-3H3. The van der Waals surface area contributed by atoms with Gasteiger partial charge in [-0.1, -0.05) is 18.2 Å². The van der Waals surface area contributed by atoms with Crippen molar-refractivity contribution in [1.29, 1.82) is 0 Å². The Bertz CT molecular complexity index is 608. The van der Waals surface area contributed by atoms with Gasteiger partial charge in [0.05, 0.1) is 6.61 Å². The van der Waals surface area contributed by atoms with Crippen LogP contribution in [0.15, 0.2) is 42.5 Å². The van der Waals surface area contributed by atoms with Crippen molar-refractivity contribution in [2.75, 3.05) is 13.7 Å². The number of carbonyl (C=O) groups is 1. The van der Waals surface area contributed by atoms with E-state index in [9.17, 15) is 4.79 Å². The van der Waals surface area contributed by atoms with Crippen molar-refractivity contribution in [2.45, 2.75) is 20.4 Å². The maximum atomic E-state index is 12.3. The molecule has 0 spiro atoms. The molecule has 0 N–H and O–H groups in total. The summed E-state index contributed by atoms with van der Waals surface area (Å²) in [6.07, 6.45) is 0. The molecule has 110 valence electrons. The van der Waals surface area contributed by atoms with E-state index in [1.54, 1.807) is 18.0 Å². The number of hydrogen-bond acceptors (Lipinski definition) is 3. The van der Waals surface area contributed by atoms with Gasteiger partial charge in [-0.05, 0) is 43.7 Å². The monoisotopic (exact) mass is 284 g/mol. The topological polar surface area (TPSA) is 42.4 Å². The van der Waals surface area contributed by atoms with Crippen LogP contribution < -0.4 is 4.74 Å². The Labute approximate surface area is 125 Å². The first-order valence-electron chi connectivity index (χ1n) is 7.01. The van der Waals surface area contributed by atoms with Gasteiger partial charge in [0.2, 0.25) is 0 Å². The van der Waals surface area contributed by atoms with Gasteiger partial charge >= 0.3 is 0 Å². The van der Waals surface area contributed by atoms with E-state index in [-0.39, 0.29) is 5.91 Å².